The van der Waals surface area contributed by atoms with Gasteiger partial charge in [-0.25, -0.2) is 4.98 Å². The highest BCUT2D eigenvalue weighted by molar-refractivity contribution is 6.02. The van der Waals surface area contributed by atoms with Crippen LogP contribution in [0.25, 0.3) is 11.3 Å². The molecule has 0 bridgehead atoms. The standard InChI is InChI=1S/C14H12N4O2/c1-18-9-15-8-11(18)14(19)16-13-7-12(20-17-13)10-5-3-2-4-6-10/h2-9H,1H3,(H,16,17,19). The van der Waals surface area contributed by atoms with Crippen LogP contribution >= 0.6 is 0 Å². The van der Waals surface area contributed by atoms with Crippen molar-refractivity contribution in [3.05, 3.63) is 54.6 Å². The molecule has 2 heterocycles. The Morgan fingerprint density at radius 1 is 1.30 bits per heavy atom. The number of hydrogen-bond acceptors (Lipinski definition) is 4. The van der Waals surface area contributed by atoms with E-state index in [4.69, 9.17) is 4.52 Å². The molecule has 0 radical (unpaired) electrons. The van der Waals surface area contributed by atoms with Gasteiger partial charge >= 0.3 is 0 Å². The van der Waals surface area contributed by atoms with Crippen molar-refractivity contribution in [1.82, 2.24) is 14.7 Å². The molecule has 6 nitrogen and oxygen atoms in total. The number of carbonyl (C=O) groups excluding carboxylic acids is 1. The van der Waals surface area contributed by atoms with Crippen LogP contribution in [0.5, 0.6) is 0 Å². The fourth-order valence-corrected chi connectivity index (χ4v) is 1.83. The molecule has 0 unspecified atom stereocenters. The van der Waals surface area contributed by atoms with Gasteiger partial charge in [-0.1, -0.05) is 35.5 Å². The number of aromatic nitrogens is 3. The number of hydrogen-bond donors (Lipinski definition) is 1. The van der Waals surface area contributed by atoms with Gasteiger partial charge in [-0.05, 0) is 0 Å². The van der Waals surface area contributed by atoms with Crippen LogP contribution in [0.3, 0.4) is 0 Å². The third-order valence-corrected chi connectivity index (χ3v) is 2.86. The first kappa shape index (κ1) is 12.2. The molecule has 3 rings (SSSR count). The van der Waals surface area contributed by atoms with Gasteiger partial charge in [-0.3, -0.25) is 4.79 Å². The normalized spacial score (nSPS) is 10.4. The molecule has 0 aliphatic carbocycles. The van der Waals surface area contributed by atoms with Crippen molar-refractivity contribution in [3.8, 4) is 11.3 Å². The maximum absolute atomic E-state index is 12.0. The number of nitrogens with one attached hydrogen (secondary N) is 1. The first-order chi connectivity index (χ1) is 9.74. The molecule has 20 heavy (non-hydrogen) atoms. The lowest BCUT2D eigenvalue weighted by atomic mass is 10.2. The zero-order valence-corrected chi connectivity index (χ0v) is 10.8. The summed E-state index contributed by atoms with van der Waals surface area (Å²) in [4.78, 5) is 15.9. The van der Waals surface area contributed by atoms with Crippen LogP contribution in [-0.2, 0) is 7.05 Å². The van der Waals surface area contributed by atoms with Crippen molar-refractivity contribution in [3.63, 3.8) is 0 Å². The molecule has 2 aromatic heterocycles. The third kappa shape index (κ3) is 2.31. The minimum Gasteiger partial charge on any atom is -0.354 e. The molecule has 1 aromatic carbocycles. The summed E-state index contributed by atoms with van der Waals surface area (Å²) in [5, 5.41) is 6.51. The molecule has 100 valence electrons. The Balaban J connectivity index is 1.78. The quantitative estimate of drug-likeness (QED) is 0.791. The van der Waals surface area contributed by atoms with Gasteiger partial charge in [0.25, 0.3) is 5.91 Å². The van der Waals surface area contributed by atoms with Gasteiger partial charge in [0.15, 0.2) is 11.6 Å². The van der Waals surface area contributed by atoms with Crippen LogP contribution in [-0.4, -0.2) is 20.6 Å². The molecule has 0 saturated carbocycles. The highest BCUT2D eigenvalue weighted by Crippen LogP contribution is 2.22. The van der Waals surface area contributed by atoms with E-state index in [-0.39, 0.29) is 5.91 Å². The van der Waals surface area contributed by atoms with Gasteiger partial charge in [-0.2, -0.15) is 0 Å². The van der Waals surface area contributed by atoms with Crippen molar-refractivity contribution < 1.29 is 9.32 Å². The smallest absolute Gasteiger partial charge is 0.275 e. The Labute approximate surface area is 115 Å². The molecule has 1 N–H and O–H groups in total. The van der Waals surface area contributed by atoms with Crippen molar-refractivity contribution >= 4 is 11.7 Å². The molecular formula is C14H12N4O2. The molecule has 0 atom stereocenters. The molecule has 1 amide bonds. The molecule has 0 fully saturated rings. The summed E-state index contributed by atoms with van der Waals surface area (Å²) in [5.41, 5.74) is 1.36. The summed E-state index contributed by atoms with van der Waals surface area (Å²) in [5.74, 6) is 0.693. The minimum absolute atomic E-state index is 0.280. The number of amides is 1. The average Bonchev–Trinajstić information content (AvgIpc) is 3.09. The van der Waals surface area contributed by atoms with E-state index in [1.165, 1.54) is 6.20 Å². The molecule has 0 aliphatic rings. The Hall–Kier alpha value is -2.89. The van der Waals surface area contributed by atoms with Gasteiger partial charge in [-0.15, -0.1) is 0 Å². The number of rotatable bonds is 3. The average molecular weight is 268 g/mol. The third-order valence-electron chi connectivity index (χ3n) is 2.86. The maximum atomic E-state index is 12.0. The van der Waals surface area contributed by atoms with E-state index < -0.39 is 0 Å². The first-order valence-electron chi connectivity index (χ1n) is 6.04. The number of carbonyl (C=O) groups is 1. The van der Waals surface area contributed by atoms with Crippen molar-refractivity contribution in [1.29, 1.82) is 0 Å². The minimum atomic E-state index is -0.280. The van der Waals surface area contributed by atoms with Crippen molar-refractivity contribution in [2.24, 2.45) is 7.05 Å². The molecule has 0 saturated heterocycles. The van der Waals surface area contributed by atoms with Gasteiger partial charge in [0.2, 0.25) is 0 Å². The lowest BCUT2D eigenvalue weighted by Gasteiger charge is -2.00. The molecular weight excluding hydrogens is 256 g/mol. The van der Waals surface area contributed by atoms with Gasteiger partial charge in [0.05, 0.1) is 12.5 Å². The largest absolute Gasteiger partial charge is 0.354 e. The number of benzene rings is 1. The molecule has 3 aromatic rings. The molecule has 0 aliphatic heterocycles. The number of imidazole rings is 1. The van der Waals surface area contributed by atoms with E-state index >= 15 is 0 Å². The van der Waals surface area contributed by atoms with Crippen LogP contribution in [0.2, 0.25) is 0 Å². The van der Waals surface area contributed by atoms with E-state index in [2.05, 4.69) is 15.5 Å². The van der Waals surface area contributed by atoms with E-state index in [0.717, 1.165) is 5.56 Å². The highest BCUT2D eigenvalue weighted by atomic mass is 16.5. The van der Waals surface area contributed by atoms with Crippen LogP contribution in [0, 0.1) is 0 Å². The summed E-state index contributed by atoms with van der Waals surface area (Å²) >= 11 is 0. The topological polar surface area (TPSA) is 73.0 Å². The zero-order valence-electron chi connectivity index (χ0n) is 10.8. The Kier molecular flexibility index (Phi) is 3.04. The Morgan fingerprint density at radius 3 is 2.80 bits per heavy atom. The summed E-state index contributed by atoms with van der Waals surface area (Å²) in [6.45, 7) is 0. The van der Waals surface area contributed by atoms with E-state index in [1.54, 1.807) is 24.0 Å². The predicted octanol–water partition coefficient (Wildman–Crippen LogP) is 2.33. The second kappa shape index (κ2) is 5.00. The zero-order chi connectivity index (χ0) is 13.9. The van der Waals surface area contributed by atoms with Crippen LogP contribution in [0.1, 0.15) is 10.5 Å². The second-order valence-electron chi connectivity index (χ2n) is 4.29. The second-order valence-corrected chi connectivity index (χ2v) is 4.29. The fourth-order valence-electron chi connectivity index (χ4n) is 1.83. The van der Waals surface area contributed by atoms with E-state index in [9.17, 15) is 4.79 Å². The highest BCUT2D eigenvalue weighted by Gasteiger charge is 2.13. The fraction of sp³-hybridized carbons (Fsp3) is 0.0714. The summed E-state index contributed by atoms with van der Waals surface area (Å²) in [7, 11) is 1.75. The monoisotopic (exact) mass is 268 g/mol. The van der Waals surface area contributed by atoms with Crippen molar-refractivity contribution in [2.45, 2.75) is 0 Å². The lowest BCUT2D eigenvalue weighted by molar-refractivity contribution is 0.101. The lowest BCUT2D eigenvalue weighted by Crippen LogP contribution is -2.15. The van der Waals surface area contributed by atoms with Gasteiger partial charge in [0, 0.05) is 18.7 Å². The van der Waals surface area contributed by atoms with Crippen molar-refractivity contribution in [2.75, 3.05) is 5.32 Å². The summed E-state index contributed by atoms with van der Waals surface area (Å²) in [6.07, 6.45) is 3.06. The number of nitrogens with zero attached hydrogens (tertiary/aromatic N) is 3. The Bertz CT molecular complexity index is 730. The van der Waals surface area contributed by atoms with E-state index in [1.807, 2.05) is 30.3 Å². The maximum Gasteiger partial charge on any atom is 0.275 e. The van der Waals surface area contributed by atoms with Gasteiger partial charge < -0.3 is 14.4 Å². The number of anilines is 1. The molecule has 6 heteroatoms. The SMILES string of the molecule is Cn1cncc1C(=O)Nc1cc(-c2ccccc2)on1. The Morgan fingerprint density at radius 2 is 2.10 bits per heavy atom. The summed E-state index contributed by atoms with van der Waals surface area (Å²) < 4.78 is 6.84. The summed E-state index contributed by atoms with van der Waals surface area (Å²) in [6, 6.07) is 11.2. The van der Waals surface area contributed by atoms with E-state index in [0.29, 0.717) is 17.3 Å². The van der Waals surface area contributed by atoms with Gasteiger partial charge in [0.1, 0.15) is 5.69 Å². The van der Waals surface area contributed by atoms with Crippen LogP contribution in [0.4, 0.5) is 5.82 Å². The predicted molar refractivity (Wildman–Crippen MR) is 73.1 cm³/mol. The number of aryl methyl sites for hydroxylation is 1. The molecule has 0 spiro atoms. The van der Waals surface area contributed by atoms with Crippen LogP contribution < -0.4 is 5.32 Å². The first-order valence-corrected chi connectivity index (χ1v) is 6.04. The van der Waals surface area contributed by atoms with Crippen LogP contribution in [0.15, 0.2) is 53.4 Å².